The average Bonchev–Trinajstić information content (AvgIpc) is 3.53. The molecule has 11 nitrogen and oxygen atoms in total. The molecule has 2 atom stereocenters. The summed E-state index contributed by atoms with van der Waals surface area (Å²) in [4.78, 5) is 57.8. The van der Waals surface area contributed by atoms with E-state index < -0.39 is 24.3 Å². The number of hydrogen-bond acceptors (Lipinski definition) is 6. The Morgan fingerprint density at radius 2 is 1.56 bits per heavy atom. The van der Waals surface area contributed by atoms with Crippen molar-refractivity contribution in [3.8, 4) is 12.3 Å². The minimum absolute atomic E-state index is 0.111. The van der Waals surface area contributed by atoms with Crippen molar-refractivity contribution < 1.29 is 28.3 Å². The minimum Gasteiger partial charge on any atom is -0.444 e. The molecule has 0 radical (unpaired) electrons. The van der Waals surface area contributed by atoms with Gasteiger partial charge in [-0.25, -0.2) is 19.0 Å². The van der Waals surface area contributed by atoms with Crippen LogP contribution in [0.15, 0.2) is 121 Å². The van der Waals surface area contributed by atoms with Crippen molar-refractivity contribution in [3.05, 3.63) is 149 Å². The summed E-state index contributed by atoms with van der Waals surface area (Å²) < 4.78 is 18.8. The first-order valence-corrected chi connectivity index (χ1v) is 17.9. The third-order valence-corrected chi connectivity index (χ3v) is 9.79. The second-order valence-corrected chi connectivity index (χ2v) is 13.4. The molecule has 2 aliphatic rings. The molecule has 5 aromatic carbocycles. The Labute approximate surface area is 318 Å². The Morgan fingerprint density at radius 1 is 0.855 bits per heavy atom. The van der Waals surface area contributed by atoms with E-state index in [-0.39, 0.29) is 63.4 Å². The monoisotopic (exact) mass is 738 g/mol. The van der Waals surface area contributed by atoms with Crippen molar-refractivity contribution >= 4 is 40.4 Å². The Bertz CT molecular complexity index is 2220. The first kappa shape index (κ1) is 36.6. The van der Waals surface area contributed by atoms with Gasteiger partial charge in [-0.2, -0.15) is 5.01 Å². The first-order chi connectivity index (χ1) is 26.8. The molecule has 0 spiro atoms. The highest BCUT2D eigenvalue weighted by atomic mass is 19.1. The van der Waals surface area contributed by atoms with E-state index in [1.807, 2.05) is 72.8 Å². The number of piperazine rings is 1. The number of halogens is 1. The van der Waals surface area contributed by atoms with Crippen LogP contribution < -0.4 is 10.6 Å². The summed E-state index contributed by atoms with van der Waals surface area (Å²) in [6.45, 7) is 0.349. The Kier molecular flexibility index (Phi) is 11.0. The molecule has 12 heteroatoms. The second kappa shape index (κ2) is 16.5. The fourth-order valence-corrected chi connectivity index (χ4v) is 7.09. The van der Waals surface area contributed by atoms with Crippen LogP contribution >= 0.6 is 0 Å². The van der Waals surface area contributed by atoms with Crippen molar-refractivity contribution in [2.75, 3.05) is 25.0 Å². The van der Waals surface area contributed by atoms with E-state index in [2.05, 4.69) is 16.6 Å². The Morgan fingerprint density at radius 3 is 2.33 bits per heavy atom. The summed E-state index contributed by atoms with van der Waals surface area (Å²) in [6, 6.07) is 34.6. The topological polar surface area (TPSA) is 115 Å². The third kappa shape index (κ3) is 8.43. The number of benzene rings is 5. The van der Waals surface area contributed by atoms with Gasteiger partial charge in [0.05, 0.1) is 19.6 Å². The van der Waals surface area contributed by atoms with Crippen LogP contribution in [0.4, 0.5) is 19.7 Å². The third-order valence-electron chi connectivity index (χ3n) is 9.79. The molecular weight excluding hydrogens is 700 g/mol. The average molecular weight is 739 g/mol. The number of nitrogens with one attached hydrogen (secondary N) is 2. The van der Waals surface area contributed by atoms with Gasteiger partial charge in [-0.05, 0) is 57.3 Å². The highest BCUT2D eigenvalue weighted by Gasteiger charge is 2.52. The highest BCUT2D eigenvalue weighted by Crippen LogP contribution is 2.31. The molecule has 5 amide bonds. The quantitative estimate of drug-likeness (QED) is 0.163. The van der Waals surface area contributed by atoms with Gasteiger partial charge >= 0.3 is 12.1 Å². The molecule has 7 rings (SSSR count). The standard InChI is InChI=1S/C43H39FN6O5/c1-2-23-48(42(53)45-25-31-15-19-35(44)20-16-31)49-28-40(51)50-38(24-30-17-21-36(22-18-30)46-43(54)55-29-32-9-4-3-5-10-32)41(52)47(27-39(49)50)26-34-13-8-12-33-11-6-7-14-37(33)34/h1,3-22,38-39H,23-29H2,(H,45,53)(H,46,54)/t38-,39+/m0/s1. The molecule has 2 fully saturated rings. The number of carbonyl (C=O) groups is 4. The first-order valence-electron chi connectivity index (χ1n) is 17.9. The van der Waals surface area contributed by atoms with Crippen LogP contribution in [-0.2, 0) is 40.4 Å². The lowest BCUT2D eigenvalue weighted by Gasteiger charge is -2.46. The van der Waals surface area contributed by atoms with E-state index in [9.17, 15) is 23.6 Å². The number of ether oxygens (including phenoxy) is 1. The molecule has 2 aliphatic heterocycles. The van der Waals surface area contributed by atoms with Gasteiger partial charge in [0.1, 0.15) is 24.6 Å². The zero-order valence-corrected chi connectivity index (χ0v) is 29.9. The van der Waals surface area contributed by atoms with Crippen LogP contribution in [0.25, 0.3) is 10.8 Å². The lowest BCUT2D eigenvalue weighted by molar-refractivity contribution is -0.157. The maximum atomic E-state index is 14.5. The van der Waals surface area contributed by atoms with Crippen LogP contribution in [0.1, 0.15) is 22.3 Å². The summed E-state index contributed by atoms with van der Waals surface area (Å²) in [5.74, 6) is 1.60. The number of fused-ring (bicyclic) bond motifs is 2. The lowest BCUT2D eigenvalue weighted by Crippen LogP contribution is -2.66. The van der Waals surface area contributed by atoms with E-state index in [1.54, 1.807) is 51.2 Å². The molecule has 0 aromatic heterocycles. The normalized spacial score (nSPS) is 16.7. The zero-order valence-electron chi connectivity index (χ0n) is 29.9. The molecule has 2 heterocycles. The second-order valence-electron chi connectivity index (χ2n) is 13.4. The predicted octanol–water partition coefficient (Wildman–Crippen LogP) is 5.91. The number of carbonyl (C=O) groups excluding carboxylic acids is 4. The summed E-state index contributed by atoms with van der Waals surface area (Å²) >= 11 is 0. The van der Waals surface area contributed by atoms with Crippen molar-refractivity contribution in [2.45, 2.75) is 38.3 Å². The number of amides is 5. The van der Waals surface area contributed by atoms with Crippen molar-refractivity contribution in [1.82, 2.24) is 25.1 Å². The molecule has 5 aromatic rings. The molecule has 55 heavy (non-hydrogen) atoms. The summed E-state index contributed by atoms with van der Waals surface area (Å²) in [6.07, 6.45) is 4.63. The number of urea groups is 1. The van der Waals surface area contributed by atoms with Crippen molar-refractivity contribution in [3.63, 3.8) is 0 Å². The van der Waals surface area contributed by atoms with Gasteiger partial charge in [-0.15, -0.1) is 6.42 Å². The van der Waals surface area contributed by atoms with Gasteiger partial charge in [0.2, 0.25) is 11.8 Å². The van der Waals surface area contributed by atoms with Crippen molar-refractivity contribution in [1.29, 1.82) is 0 Å². The van der Waals surface area contributed by atoms with Gasteiger partial charge in [0.25, 0.3) is 0 Å². The van der Waals surface area contributed by atoms with Crippen LogP contribution in [-0.4, -0.2) is 75.6 Å². The fraction of sp³-hybridized carbons (Fsp3) is 0.209. The summed E-state index contributed by atoms with van der Waals surface area (Å²) in [5.41, 5.74) is 3.76. The molecule has 0 bridgehead atoms. The van der Waals surface area contributed by atoms with Gasteiger partial charge in [0, 0.05) is 25.2 Å². The maximum Gasteiger partial charge on any atom is 0.411 e. The molecule has 0 saturated carbocycles. The largest absolute Gasteiger partial charge is 0.444 e. The van der Waals surface area contributed by atoms with Gasteiger partial charge < -0.3 is 19.9 Å². The number of terminal acetylenes is 1. The van der Waals surface area contributed by atoms with Gasteiger partial charge in [-0.3, -0.25) is 14.9 Å². The van der Waals surface area contributed by atoms with E-state index >= 15 is 0 Å². The minimum atomic E-state index is -0.893. The van der Waals surface area contributed by atoms with Gasteiger partial charge in [0.15, 0.2) is 0 Å². The maximum absolute atomic E-state index is 14.5. The lowest BCUT2D eigenvalue weighted by atomic mass is 9.98. The van der Waals surface area contributed by atoms with E-state index in [0.29, 0.717) is 11.3 Å². The van der Waals surface area contributed by atoms with E-state index in [0.717, 1.165) is 27.5 Å². The van der Waals surface area contributed by atoms with E-state index in [1.165, 1.54) is 17.1 Å². The van der Waals surface area contributed by atoms with Crippen LogP contribution in [0.5, 0.6) is 0 Å². The van der Waals surface area contributed by atoms with Crippen LogP contribution in [0.3, 0.4) is 0 Å². The fourth-order valence-electron chi connectivity index (χ4n) is 7.09. The molecule has 0 aliphatic carbocycles. The number of hydrogen-bond donors (Lipinski definition) is 2. The van der Waals surface area contributed by atoms with E-state index in [4.69, 9.17) is 11.2 Å². The molecule has 2 saturated heterocycles. The number of hydrazine groups is 1. The summed E-state index contributed by atoms with van der Waals surface area (Å²) in [7, 11) is 0. The van der Waals surface area contributed by atoms with Crippen LogP contribution in [0, 0.1) is 18.2 Å². The molecule has 2 N–H and O–H groups in total. The Balaban J connectivity index is 1.12. The summed E-state index contributed by atoms with van der Waals surface area (Å²) in [5, 5.41) is 10.6. The zero-order chi connectivity index (χ0) is 38.3. The highest BCUT2D eigenvalue weighted by molar-refractivity contribution is 5.92. The smallest absolute Gasteiger partial charge is 0.411 e. The number of nitrogens with zero attached hydrogens (tertiary/aromatic N) is 4. The van der Waals surface area contributed by atoms with Crippen molar-refractivity contribution in [2.24, 2.45) is 0 Å². The Hall–Kier alpha value is -6.71. The predicted molar refractivity (Wildman–Crippen MR) is 205 cm³/mol. The molecule has 278 valence electrons. The SMILES string of the molecule is C#CCN(C(=O)NCc1ccc(F)cc1)N1CC(=O)N2[C@@H](Cc3ccc(NC(=O)OCc4ccccc4)cc3)C(=O)N(Cc3cccc4ccccc34)C[C@@H]21. The molecular formula is C43H39FN6O5. The number of rotatable bonds is 11. The van der Waals surface area contributed by atoms with Crippen LogP contribution in [0.2, 0.25) is 0 Å². The molecule has 0 unspecified atom stereocenters. The van der Waals surface area contributed by atoms with Gasteiger partial charge in [-0.1, -0.05) is 103 Å². The number of anilines is 1.